The van der Waals surface area contributed by atoms with Crippen LogP contribution in [0.5, 0.6) is 5.75 Å². The second kappa shape index (κ2) is 6.18. The smallest absolute Gasteiger partial charge is 0.223 e. The van der Waals surface area contributed by atoms with Crippen molar-refractivity contribution in [3.63, 3.8) is 0 Å². The van der Waals surface area contributed by atoms with Crippen LogP contribution >= 0.6 is 0 Å². The van der Waals surface area contributed by atoms with Crippen LogP contribution in [0.1, 0.15) is 20.3 Å². The fourth-order valence-corrected chi connectivity index (χ4v) is 1.79. The van der Waals surface area contributed by atoms with Crippen molar-refractivity contribution < 1.29 is 9.53 Å². The summed E-state index contributed by atoms with van der Waals surface area (Å²) in [7, 11) is 0. The van der Waals surface area contributed by atoms with E-state index in [1.54, 1.807) is 6.20 Å². The SMILES string of the molecule is CC(C)NC(=O)CCOc1cnc2ccccc2c1. The number of nitrogens with zero attached hydrogens (tertiary/aromatic N) is 1. The summed E-state index contributed by atoms with van der Waals surface area (Å²) < 4.78 is 5.54. The number of rotatable bonds is 5. The molecule has 1 aromatic carbocycles. The number of hydrogen-bond donors (Lipinski definition) is 1. The summed E-state index contributed by atoms with van der Waals surface area (Å²) in [5.74, 6) is 0.694. The molecule has 0 fully saturated rings. The van der Waals surface area contributed by atoms with Crippen molar-refractivity contribution in [1.29, 1.82) is 0 Å². The first-order valence-corrected chi connectivity index (χ1v) is 6.42. The van der Waals surface area contributed by atoms with Crippen LogP contribution in [0.15, 0.2) is 36.5 Å². The zero-order chi connectivity index (χ0) is 13.7. The van der Waals surface area contributed by atoms with Gasteiger partial charge in [-0.15, -0.1) is 0 Å². The third-order valence-electron chi connectivity index (χ3n) is 2.61. The molecule has 100 valence electrons. The number of hydrogen-bond acceptors (Lipinski definition) is 3. The van der Waals surface area contributed by atoms with E-state index in [4.69, 9.17) is 4.74 Å². The van der Waals surface area contributed by atoms with Gasteiger partial charge >= 0.3 is 0 Å². The summed E-state index contributed by atoms with van der Waals surface area (Å²) in [5, 5.41) is 3.86. The molecule has 0 unspecified atom stereocenters. The lowest BCUT2D eigenvalue weighted by Gasteiger charge is -2.09. The van der Waals surface area contributed by atoms with Crippen LogP contribution in [0.4, 0.5) is 0 Å². The molecule has 0 spiro atoms. The van der Waals surface area contributed by atoms with E-state index in [-0.39, 0.29) is 11.9 Å². The molecule has 4 heteroatoms. The number of aromatic nitrogens is 1. The molecule has 0 atom stereocenters. The van der Waals surface area contributed by atoms with Gasteiger partial charge in [-0.2, -0.15) is 0 Å². The zero-order valence-corrected chi connectivity index (χ0v) is 11.2. The molecule has 0 saturated heterocycles. The van der Waals surface area contributed by atoms with E-state index in [2.05, 4.69) is 10.3 Å². The molecule has 0 aliphatic heterocycles. The Balaban J connectivity index is 1.89. The number of amides is 1. The van der Waals surface area contributed by atoms with Crippen LogP contribution in [0.2, 0.25) is 0 Å². The molecule has 0 aliphatic rings. The Kier molecular flexibility index (Phi) is 4.34. The van der Waals surface area contributed by atoms with Crippen molar-refractivity contribution in [2.24, 2.45) is 0 Å². The average molecular weight is 258 g/mol. The summed E-state index contributed by atoms with van der Waals surface area (Å²) >= 11 is 0. The Morgan fingerprint density at radius 1 is 1.37 bits per heavy atom. The first-order valence-electron chi connectivity index (χ1n) is 6.42. The molecule has 2 aromatic rings. The molecule has 4 nitrogen and oxygen atoms in total. The molecule has 19 heavy (non-hydrogen) atoms. The Morgan fingerprint density at radius 3 is 2.95 bits per heavy atom. The van der Waals surface area contributed by atoms with Gasteiger partial charge in [0.1, 0.15) is 5.75 Å². The van der Waals surface area contributed by atoms with E-state index < -0.39 is 0 Å². The molecule has 1 aromatic heterocycles. The first kappa shape index (κ1) is 13.3. The third kappa shape index (κ3) is 3.95. The van der Waals surface area contributed by atoms with Crippen molar-refractivity contribution in [3.05, 3.63) is 36.5 Å². The van der Waals surface area contributed by atoms with Gasteiger partial charge in [0.15, 0.2) is 0 Å². The number of para-hydroxylation sites is 1. The van der Waals surface area contributed by atoms with Crippen molar-refractivity contribution >= 4 is 16.8 Å². The highest BCUT2D eigenvalue weighted by Crippen LogP contribution is 2.17. The number of fused-ring (bicyclic) bond motifs is 1. The molecule has 0 radical (unpaired) electrons. The lowest BCUT2D eigenvalue weighted by molar-refractivity contribution is -0.122. The number of pyridine rings is 1. The molecule has 0 saturated carbocycles. The largest absolute Gasteiger partial charge is 0.491 e. The van der Waals surface area contributed by atoms with Crippen LogP contribution in [-0.4, -0.2) is 23.5 Å². The molecule has 2 rings (SSSR count). The van der Waals surface area contributed by atoms with Crippen LogP contribution < -0.4 is 10.1 Å². The number of ether oxygens (including phenoxy) is 1. The summed E-state index contributed by atoms with van der Waals surface area (Å²) in [4.78, 5) is 15.8. The summed E-state index contributed by atoms with van der Waals surface area (Å²) in [6.07, 6.45) is 2.04. The fraction of sp³-hybridized carbons (Fsp3) is 0.333. The van der Waals surface area contributed by atoms with Gasteiger partial charge in [-0.1, -0.05) is 18.2 Å². The minimum atomic E-state index is 0.00347. The van der Waals surface area contributed by atoms with Gasteiger partial charge in [-0.05, 0) is 26.0 Å². The van der Waals surface area contributed by atoms with Gasteiger partial charge in [0.2, 0.25) is 5.91 Å². The normalized spacial score (nSPS) is 10.7. The van der Waals surface area contributed by atoms with Crippen LogP contribution in [0, 0.1) is 0 Å². The predicted octanol–water partition coefficient (Wildman–Crippen LogP) is 2.53. The van der Waals surface area contributed by atoms with E-state index in [0.717, 1.165) is 10.9 Å². The molecular formula is C15H18N2O2. The second-order valence-electron chi connectivity index (χ2n) is 4.68. The third-order valence-corrected chi connectivity index (χ3v) is 2.61. The standard InChI is InChI=1S/C15H18N2O2/c1-11(2)17-15(18)7-8-19-13-9-12-5-3-4-6-14(12)16-10-13/h3-6,9-11H,7-8H2,1-2H3,(H,17,18). The van der Waals surface area contributed by atoms with Gasteiger partial charge in [-0.25, -0.2) is 0 Å². The van der Waals surface area contributed by atoms with E-state index in [9.17, 15) is 4.79 Å². The number of nitrogens with one attached hydrogen (secondary N) is 1. The summed E-state index contributed by atoms with van der Waals surface area (Å²) in [6.45, 7) is 4.23. The van der Waals surface area contributed by atoms with E-state index in [1.165, 1.54) is 0 Å². The maximum Gasteiger partial charge on any atom is 0.223 e. The lowest BCUT2D eigenvalue weighted by atomic mass is 10.2. The Bertz CT molecular complexity index is 567. The zero-order valence-electron chi connectivity index (χ0n) is 11.2. The van der Waals surface area contributed by atoms with Crippen molar-refractivity contribution in [1.82, 2.24) is 10.3 Å². The maximum absolute atomic E-state index is 11.4. The highest BCUT2D eigenvalue weighted by atomic mass is 16.5. The maximum atomic E-state index is 11.4. The average Bonchev–Trinajstić information content (AvgIpc) is 2.37. The van der Waals surface area contributed by atoms with E-state index >= 15 is 0 Å². The van der Waals surface area contributed by atoms with Gasteiger partial charge in [-0.3, -0.25) is 9.78 Å². The summed E-state index contributed by atoms with van der Waals surface area (Å²) in [6, 6.07) is 9.95. The molecular weight excluding hydrogens is 240 g/mol. The topological polar surface area (TPSA) is 51.2 Å². The van der Waals surface area contributed by atoms with Crippen molar-refractivity contribution in [2.75, 3.05) is 6.61 Å². The monoisotopic (exact) mass is 258 g/mol. The van der Waals surface area contributed by atoms with Crippen LogP contribution in [0.3, 0.4) is 0 Å². The molecule has 1 N–H and O–H groups in total. The van der Waals surface area contributed by atoms with Crippen LogP contribution in [-0.2, 0) is 4.79 Å². The van der Waals surface area contributed by atoms with E-state index in [0.29, 0.717) is 18.8 Å². The highest BCUT2D eigenvalue weighted by molar-refractivity contribution is 5.79. The van der Waals surface area contributed by atoms with Gasteiger partial charge in [0.25, 0.3) is 0 Å². The van der Waals surface area contributed by atoms with E-state index in [1.807, 2.05) is 44.2 Å². The molecule has 0 aliphatic carbocycles. The van der Waals surface area contributed by atoms with Gasteiger partial charge in [0.05, 0.1) is 24.7 Å². The Morgan fingerprint density at radius 2 is 2.16 bits per heavy atom. The van der Waals surface area contributed by atoms with Crippen LogP contribution in [0.25, 0.3) is 10.9 Å². The summed E-state index contributed by atoms with van der Waals surface area (Å²) in [5.41, 5.74) is 0.937. The predicted molar refractivity (Wildman–Crippen MR) is 75.1 cm³/mol. The first-order chi connectivity index (χ1) is 9.15. The fourth-order valence-electron chi connectivity index (χ4n) is 1.79. The van der Waals surface area contributed by atoms with Gasteiger partial charge < -0.3 is 10.1 Å². The highest BCUT2D eigenvalue weighted by Gasteiger charge is 2.04. The number of carbonyl (C=O) groups is 1. The minimum Gasteiger partial charge on any atom is -0.491 e. The quantitative estimate of drug-likeness (QED) is 0.896. The Labute approximate surface area is 112 Å². The van der Waals surface area contributed by atoms with Gasteiger partial charge in [0, 0.05) is 11.4 Å². The minimum absolute atomic E-state index is 0.00347. The molecule has 1 amide bonds. The Hall–Kier alpha value is -2.10. The molecule has 0 bridgehead atoms. The van der Waals surface area contributed by atoms with Crippen molar-refractivity contribution in [3.8, 4) is 5.75 Å². The number of benzene rings is 1. The lowest BCUT2D eigenvalue weighted by Crippen LogP contribution is -2.31. The molecule has 1 heterocycles. The van der Waals surface area contributed by atoms with Crippen molar-refractivity contribution in [2.45, 2.75) is 26.3 Å². The second-order valence-corrected chi connectivity index (χ2v) is 4.68. The number of carbonyl (C=O) groups excluding carboxylic acids is 1.